The van der Waals surface area contributed by atoms with Gasteiger partial charge in [-0.1, -0.05) is 30.1 Å². The first-order valence-electron chi connectivity index (χ1n) is 7.28. The maximum absolute atomic E-state index is 12.0. The second-order valence-electron chi connectivity index (χ2n) is 5.20. The molecular weight excluding hydrogens is 309 g/mol. The number of nitrogens with zero attached hydrogens (tertiary/aromatic N) is 2. The minimum Gasteiger partial charge on any atom is -0.325 e. The van der Waals surface area contributed by atoms with Crippen LogP contribution in [0.3, 0.4) is 0 Å². The van der Waals surface area contributed by atoms with Crippen molar-refractivity contribution in [2.24, 2.45) is 0 Å². The SMILES string of the molecule is CCN1CCN(CCC(=O)Nc2cc(Cl)ccc2Cl)CC1. The fourth-order valence-corrected chi connectivity index (χ4v) is 2.73. The largest absolute Gasteiger partial charge is 0.325 e. The van der Waals surface area contributed by atoms with Gasteiger partial charge in [-0.25, -0.2) is 0 Å². The zero-order valence-corrected chi connectivity index (χ0v) is 13.8. The van der Waals surface area contributed by atoms with Crippen LogP contribution in [-0.4, -0.2) is 55.0 Å². The van der Waals surface area contributed by atoms with Gasteiger partial charge < -0.3 is 15.1 Å². The van der Waals surface area contributed by atoms with Crippen LogP contribution in [0.2, 0.25) is 10.0 Å². The summed E-state index contributed by atoms with van der Waals surface area (Å²) in [4.78, 5) is 16.7. The Balaban J connectivity index is 1.76. The first-order valence-corrected chi connectivity index (χ1v) is 8.03. The third-order valence-corrected chi connectivity index (χ3v) is 4.33. The van der Waals surface area contributed by atoms with E-state index in [0.717, 1.165) is 39.3 Å². The monoisotopic (exact) mass is 329 g/mol. The molecule has 0 aromatic heterocycles. The molecule has 0 unspecified atom stereocenters. The number of nitrogens with one attached hydrogen (secondary N) is 1. The molecular formula is C15H21Cl2N3O. The van der Waals surface area contributed by atoms with Crippen LogP contribution in [0.5, 0.6) is 0 Å². The summed E-state index contributed by atoms with van der Waals surface area (Å²) in [5.74, 6) is -0.0305. The highest BCUT2D eigenvalue weighted by Gasteiger charge is 2.16. The van der Waals surface area contributed by atoms with Gasteiger partial charge in [0.2, 0.25) is 5.91 Å². The van der Waals surface area contributed by atoms with E-state index in [1.165, 1.54) is 0 Å². The van der Waals surface area contributed by atoms with Gasteiger partial charge in [0.1, 0.15) is 0 Å². The molecule has 6 heteroatoms. The van der Waals surface area contributed by atoms with E-state index in [4.69, 9.17) is 23.2 Å². The Morgan fingerprint density at radius 2 is 1.86 bits per heavy atom. The van der Waals surface area contributed by atoms with E-state index in [1.54, 1.807) is 18.2 Å². The molecule has 0 aliphatic carbocycles. The van der Waals surface area contributed by atoms with E-state index in [1.807, 2.05) is 0 Å². The van der Waals surface area contributed by atoms with Crippen molar-refractivity contribution >= 4 is 34.8 Å². The van der Waals surface area contributed by atoms with E-state index in [2.05, 4.69) is 22.0 Å². The fourth-order valence-electron chi connectivity index (χ4n) is 2.39. The molecule has 1 saturated heterocycles. The van der Waals surface area contributed by atoms with E-state index < -0.39 is 0 Å². The van der Waals surface area contributed by atoms with Crippen molar-refractivity contribution in [3.05, 3.63) is 28.2 Å². The minimum atomic E-state index is -0.0305. The molecule has 1 aromatic rings. The van der Waals surface area contributed by atoms with Crippen LogP contribution in [0.15, 0.2) is 18.2 Å². The van der Waals surface area contributed by atoms with Crippen LogP contribution in [0.1, 0.15) is 13.3 Å². The number of hydrogen-bond acceptors (Lipinski definition) is 3. The predicted octanol–water partition coefficient (Wildman–Crippen LogP) is 2.96. The van der Waals surface area contributed by atoms with Gasteiger partial charge in [-0.15, -0.1) is 0 Å². The standard InChI is InChI=1S/C15H21Cl2N3O/c1-2-19-7-9-20(10-8-19)6-5-15(21)18-14-11-12(16)3-4-13(14)17/h3-4,11H,2,5-10H2,1H3,(H,18,21). The molecule has 1 aromatic carbocycles. The predicted molar refractivity (Wildman–Crippen MR) is 88.3 cm³/mol. The number of piperazine rings is 1. The third-order valence-electron chi connectivity index (χ3n) is 3.77. The van der Waals surface area contributed by atoms with Gasteiger partial charge >= 0.3 is 0 Å². The number of rotatable bonds is 5. The summed E-state index contributed by atoms with van der Waals surface area (Å²) in [6.45, 7) is 8.27. The molecule has 116 valence electrons. The quantitative estimate of drug-likeness (QED) is 0.902. The van der Waals surface area contributed by atoms with Crippen molar-refractivity contribution in [3.63, 3.8) is 0 Å². The first-order chi connectivity index (χ1) is 10.1. The van der Waals surface area contributed by atoms with E-state index >= 15 is 0 Å². The van der Waals surface area contributed by atoms with Crippen molar-refractivity contribution in [2.45, 2.75) is 13.3 Å². The number of benzene rings is 1. The molecule has 1 aliphatic rings. The molecule has 1 heterocycles. The lowest BCUT2D eigenvalue weighted by Crippen LogP contribution is -2.46. The first kappa shape index (κ1) is 16.6. The molecule has 1 fully saturated rings. The lowest BCUT2D eigenvalue weighted by atomic mass is 10.2. The second kappa shape index (κ2) is 7.99. The molecule has 1 aliphatic heterocycles. The highest BCUT2D eigenvalue weighted by atomic mass is 35.5. The van der Waals surface area contributed by atoms with Gasteiger partial charge in [-0.3, -0.25) is 4.79 Å². The fraction of sp³-hybridized carbons (Fsp3) is 0.533. The molecule has 1 N–H and O–H groups in total. The maximum atomic E-state index is 12.0. The Bertz CT molecular complexity index is 488. The maximum Gasteiger partial charge on any atom is 0.225 e. The van der Waals surface area contributed by atoms with Gasteiger partial charge in [0.05, 0.1) is 10.7 Å². The highest BCUT2D eigenvalue weighted by molar-refractivity contribution is 6.35. The van der Waals surface area contributed by atoms with Crippen LogP contribution in [0.4, 0.5) is 5.69 Å². The van der Waals surface area contributed by atoms with Crippen molar-refractivity contribution in [1.82, 2.24) is 9.80 Å². The normalized spacial score (nSPS) is 16.9. The van der Waals surface area contributed by atoms with Gasteiger partial charge in [0.25, 0.3) is 0 Å². The topological polar surface area (TPSA) is 35.6 Å². The second-order valence-corrected chi connectivity index (χ2v) is 6.04. The van der Waals surface area contributed by atoms with Crippen molar-refractivity contribution in [3.8, 4) is 0 Å². The zero-order valence-electron chi connectivity index (χ0n) is 12.2. The molecule has 21 heavy (non-hydrogen) atoms. The van der Waals surface area contributed by atoms with Crippen LogP contribution < -0.4 is 5.32 Å². The zero-order chi connectivity index (χ0) is 15.2. The Morgan fingerprint density at radius 1 is 1.19 bits per heavy atom. The average Bonchev–Trinajstić information content (AvgIpc) is 2.49. The summed E-state index contributed by atoms with van der Waals surface area (Å²) in [6, 6.07) is 5.05. The molecule has 4 nitrogen and oxygen atoms in total. The Hall–Kier alpha value is -0.810. The van der Waals surface area contributed by atoms with Crippen molar-refractivity contribution in [2.75, 3.05) is 44.6 Å². The summed E-state index contributed by atoms with van der Waals surface area (Å²) in [5.41, 5.74) is 0.574. The number of carbonyl (C=O) groups excluding carboxylic acids is 1. The molecule has 2 rings (SSSR count). The summed E-state index contributed by atoms with van der Waals surface area (Å²) >= 11 is 11.9. The molecule has 0 bridgehead atoms. The van der Waals surface area contributed by atoms with Gasteiger partial charge in [-0.05, 0) is 24.7 Å². The van der Waals surface area contributed by atoms with Gasteiger partial charge in [0.15, 0.2) is 0 Å². The third kappa shape index (κ3) is 5.15. The molecule has 0 atom stereocenters. The Morgan fingerprint density at radius 3 is 2.52 bits per heavy atom. The molecule has 1 amide bonds. The average molecular weight is 330 g/mol. The summed E-state index contributed by atoms with van der Waals surface area (Å²) < 4.78 is 0. The number of anilines is 1. The van der Waals surface area contributed by atoms with Crippen LogP contribution in [-0.2, 0) is 4.79 Å². The van der Waals surface area contributed by atoms with Crippen LogP contribution in [0.25, 0.3) is 0 Å². The van der Waals surface area contributed by atoms with E-state index in [0.29, 0.717) is 22.2 Å². The van der Waals surface area contributed by atoms with Gasteiger partial charge in [0, 0.05) is 44.2 Å². The van der Waals surface area contributed by atoms with Gasteiger partial charge in [-0.2, -0.15) is 0 Å². The number of carbonyl (C=O) groups is 1. The highest BCUT2D eigenvalue weighted by Crippen LogP contribution is 2.25. The Kier molecular flexibility index (Phi) is 6.30. The van der Waals surface area contributed by atoms with Crippen molar-refractivity contribution < 1.29 is 4.79 Å². The number of hydrogen-bond donors (Lipinski definition) is 1. The summed E-state index contributed by atoms with van der Waals surface area (Å²) in [5, 5.41) is 3.88. The number of halogens is 2. The molecule has 0 spiro atoms. The van der Waals surface area contributed by atoms with Crippen LogP contribution >= 0.6 is 23.2 Å². The van der Waals surface area contributed by atoms with Crippen LogP contribution in [0, 0.1) is 0 Å². The smallest absolute Gasteiger partial charge is 0.225 e. The number of likely N-dealkylation sites (N-methyl/N-ethyl adjacent to an activating group) is 1. The minimum absolute atomic E-state index is 0.0305. The number of amides is 1. The lowest BCUT2D eigenvalue weighted by molar-refractivity contribution is -0.116. The summed E-state index contributed by atoms with van der Waals surface area (Å²) in [6.07, 6.45) is 0.467. The summed E-state index contributed by atoms with van der Waals surface area (Å²) in [7, 11) is 0. The van der Waals surface area contributed by atoms with Crippen molar-refractivity contribution in [1.29, 1.82) is 0 Å². The lowest BCUT2D eigenvalue weighted by Gasteiger charge is -2.33. The van der Waals surface area contributed by atoms with E-state index in [-0.39, 0.29) is 5.91 Å². The van der Waals surface area contributed by atoms with E-state index in [9.17, 15) is 4.79 Å². The Labute approximate surface area is 136 Å². The molecule has 0 saturated carbocycles. The molecule has 0 radical (unpaired) electrons.